The molecule has 1 N–H and O–H groups in total. The monoisotopic (exact) mass is 431 g/mol. The highest BCUT2D eigenvalue weighted by atomic mass is 32.2. The zero-order chi connectivity index (χ0) is 22.1. The Bertz CT molecular complexity index is 888. The number of amides is 2. The summed E-state index contributed by atoms with van der Waals surface area (Å²) in [4.78, 5) is 36.9. The fourth-order valence-electron chi connectivity index (χ4n) is 2.81. The van der Waals surface area contributed by atoms with Crippen LogP contribution in [0.1, 0.15) is 18.1 Å². The van der Waals surface area contributed by atoms with Gasteiger partial charge in [-0.05, 0) is 30.2 Å². The molecule has 9 heteroatoms. The molecule has 0 unspecified atom stereocenters. The van der Waals surface area contributed by atoms with Gasteiger partial charge in [0, 0.05) is 31.5 Å². The predicted molar refractivity (Wildman–Crippen MR) is 116 cm³/mol. The third-order valence-electron chi connectivity index (χ3n) is 4.54. The summed E-state index contributed by atoms with van der Waals surface area (Å²) in [5.74, 6) is 0.986. The van der Waals surface area contributed by atoms with Gasteiger partial charge in [0.15, 0.2) is 0 Å². The first-order valence-corrected chi connectivity index (χ1v) is 10.5. The van der Waals surface area contributed by atoms with Crippen LogP contribution in [0.4, 0.5) is 5.69 Å². The van der Waals surface area contributed by atoms with Crippen molar-refractivity contribution in [2.45, 2.75) is 25.3 Å². The molecule has 0 radical (unpaired) electrons. The molecule has 0 spiro atoms. The Morgan fingerprint density at radius 2 is 1.90 bits per heavy atom. The van der Waals surface area contributed by atoms with E-state index in [4.69, 9.17) is 4.74 Å². The smallest absolute Gasteiger partial charge is 0.269 e. The van der Waals surface area contributed by atoms with E-state index in [1.54, 1.807) is 26.2 Å². The van der Waals surface area contributed by atoms with Crippen molar-refractivity contribution >= 4 is 29.3 Å². The van der Waals surface area contributed by atoms with Gasteiger partial charge in [-0.2, -0.15) is 0 Å². The maximum atomic E-state index is 12.9. The van der Waals surface area contributed by atoms with Gasteiger partial charge in [0.2, 0.25) is 11.8 Å². The number of nitro benzene ring substituents is 1. The predicted octanol–water partition coefficient (Wildman–Crippen LogP) is 3.00. The molecule has 160 valence electrons. The number of thioether (sulfide) groups is 1. The average molecular weight is 432 g/mol. The van der Waals surface area contributed by atoms with Crippen molar-refractivity contribution in [3.8, 4) is 5.75 Å². The van der Waals surface area contributed by atoms with Crippen LogP contribution in [0, 0.1) is 10.1 Å². The number of hydrogen-bond acceptors (Lipinski definition) is 6. The Morgan fingerprint density at radius 3 is 2.50 bits per heavy atom. The van der Waals surface area contributed by atoms with Gasteiger partial charge in [-0.25, -0.2) is 0 Å². The number of hydrogen-bond donors (Lipinski definition) is 1. The lowest BCUT2D eigenvalue weighted by Gasteiger charge is -2.28. The molecule has 8 nitrogen and oxygen atoms in total. The summed E-state index contributed by atoms with van der Waals surface area (Å²) in [6.07, 6.45) is 0. The lowest BCUT2D eigenvalue weighted by Crippen LogP contribution is -2.47. The molecule has 0 fully saturated rings. The molecule has 2 rings (SSSR count). The van der Waals surface area contributed by atoms with Crippen LogP contribution >= 0.6 is 11.8 Å². The number of nitrogens with one attached hydrogen (secondary N) is 1. The summed E-state index contributed by atoms with van der Waals surface area (Å²) in [6.45, 7) is 1.97. The molecule has 0 aliphatic carbocycles. The van der Waals surface area contributed by atoms with Crippen molar-refractivity contribution < 1.29 is 19.2 Å². The quantitative estimate of drug-likeness (QED) is 0.458. The average Bonchev–Trinajstić information content (AvgIpc) is 2.76. The first kappa shape index (κ1) is 23.2. The highest BCUT2D eigenvalue weighted by Crippen LogP contribution is 2.20. The van der Waals surface area contributed by atoms with Crippen molar-refractivity contribution in [3.05, 3.63) is 69.8 Å². The van der Waals surface area contributed by atoms with Gasteiger partial charge < -0.3 is 15.0 Å². The first-order chi connectivity index (χ1) is 14.3. The summed E-state index contributed by atoms with van der Waals surface area (Å²) in [5, 5.41) is 13.3. The topological polar surface area (TPSA) is 102 Å². The van der Waals surface area contributed by atoms with Crippen LogP contribution in [0.25, 0.3) is 0 Å². The Kier molecular flexibility index (Phi) is 8.67. The Balaban J connectivity index is 2.04. The first-order valence-electron chi connectivity index (χ1n) is 9.30. The second-order valence-electron chi connectivity index (χ2n) is 6.58. The van der Waals surface area contributed by atoms with E-state index in [9.17, 15) is 19.7 Å². The second-order valence-corrected chi connectivity index (χ2v) is 7.57. The molecule has 0 aliphatic heterocycles. The van der Waals surface area contributed by atoms with E-state index in [1.165, 1.54) is 35.8 Å². The zero-order valence-corrected chi connectivity index (χ0v) is 18.0. The Labute approximate surface area is 179 Å². The number of ether oxygens (including phenoxy) is 1. The summed E-state index contributed by atoms with van der Waals surface area (Å²) < 4.78 is 5.23. The second kappa shape index (κ2) is 11.2. The highest BCUT2D eigenvalue weighted by Gasteiger charge is 2.25. The number of methoxy groups -OCH3 is 1. The fourth-order valence-corrected chi connectivity index (χ4v) is 3.68. The number of non-ortho nitro benzene ring substituents is 1. The molecule has 1 atom stereocenters. The van der Waals surface area contributed by atoms with Gasteiger partial charge in [0.25, 0.3) is 5.69 Å². The van der Waals surface area contributed by atoms with Gasteiger partial charge in [0.05, 0.1) is 17.8 Å². The SMILES string of the molecule is CNC(=O)[C@@H](C)N(Cc1cccc(OC)c1)C(=O)CSCc1ccc([N+](=O)[O-])cc1. The standard InChI is InChI=1S/C21H25N3O5S/c1-15(21(26)22-2)23(12-17-5-4-6-19(11-17)29-3)20(25)14-30-13-16-7-9-18(10-8-16)24(27)28/h4-11,15H,12-14H2,1-3H3,(H,22,26)/t15-/m1/s1. The molecule has 30 heavy (non-hydrogen) atoms. The Morgan fingerprint density at radius 1 is 1.20 bits per heavy atom. The third-order valence-corrected chi connectivity index (χ3v) is 5.53. The fraction of sp³-hybridized carbons (Fsp3) is 0.333. The molecule has 0 saturated carbocycles. The van der Waals surface area contributed by atoms with Gasteiger partial charge in [-0.15, -0.1) is 11.8 Å². The van der Waals surface area contributed by atoms with E-state index in [-0.39, 0.29) is 29.8 Å². The Hall–Kier alpha value is -3.07. The van der Waals surface area contributed by atoms with E-state index < -0.39 is 11.0 Å². The van der Waals surface area contributed by atoms with E-state index >= 15 is 0 Å². The largest absolute Gasteiger partial charge is 0.497 e. The number of nitro groups is 1. The highest BCUT2D eigenvalue weighted by molar-refractivity contribution is 7.99. The summed E-state index contributed by atoms with van der Waals surface area (Å²) in [6, 6.07) is 13.0. The normalized spacial score (nSPS) is 11.4. The number of likely N-dealkylation sites (N-methyl/N-ethyl adjacent to an activating group) is 1. The van der Waals surface area contributed by atoms with Crippen molar-refractivity contribution in [1.82, 2.24) is 10.2 Å². The maximum Gasteiger partial charge on any atom is 0.269 e. The van der Waals surface area contributed by atoms with Crippen LogP contribution in [-0.4, -0.2) is 47.6 Å². The molecular weight excluding hydrogens is 406 g/mol. The van der Waals surface area contributed by atoms with Crippen molar-refractivity contribution in [2.75, 3.05) is 19.9 Å². The molecule has 0 saturated heterocycles. The van der Waals surface area contributed by atoms with Crippen molar-refractivity contribution in [2.24, 2.45) is 0 Å². The van der Waals surface area contributed by atoms with Crippen LogP contribution in [0.5, 0.6) is 5.75 Å². The minimum Gasteiger partial charge on any atom is -0.497 e. The molecule has 0 aromatic heterocycles. The minimum atomic E-state index is -0.631. The van der Waals surface area contributed by atoms with E-state index in [0.29, 0.717) is 11.5 Å². The number of rotatable bonds is 10. The summed E-state index contributed by atoms with van der Waals surface area (Å²) in [7, 11) is 3.11. The van der Waals surface area contributed by atoms with Gasteiger partial charge in [-0.1, -0.05) is 24.3 Å². The molecule has 2 aromatic rings. The molecular formula is C21H25N3O5S. The number of carbonyl (C=O) groups is 2. The van der Waals surface area contributed by atoms with E-state index in [2.05, 4.69) is 5.32 Å². The van der Waals surface area contributed by atoms with Crippen LogP contribution in [0.3, 0.4) is 0 Å². The van der Waals surface area contributed by atoms with Crippen molar-refractivity contribution in [3.63, 3.8) is 0 Å². The zero-order valence-electron chi connectivity index (χ0n) is 17.2. The lowest BCUT2D eigenvalue weighted by molar-refractivity contribution is -0.384. The van der Waals surface area contributed by atoms with Crippen LogP contribution < -0.4 is 10.1 Å². The van der Waals surface area contributed by atoms with Gasteiger partial charge >= 0.3 is 0 Å². The van der Waals surface area contributed by atoms with Crippen LogP contribution in [0.15, 0.2) is 48.5 Å². The van der Waals surface area contributed by atoms with Crippen molar-refractivity contribution in [1.29, 1.82) is 0 Å². The minimum absolute atomic E-state index is 0.0312. The molecule has 0 bridgehead atoms. The summed E-state index contributed by atoms with van der Waals surface area (Å²) in [5.41, 5.74) is 1.78. The van der Waals surface area contributed by atoms with Gasteiger partial charge in [-0.3, -0.25) is 19.7 Å². The maximum absolute atomic E-state index is 12.9. The summed E-state index contributed by atoms with van der Waals surface area (Å²) >= 11 is 1.39. The molecule has 0 heterocycles. The third kappa shape index (κ3) is 6.48. The van der Waals surface area contributed by atoms with Crippen LogP contribution in [-0.2, 0) is 21.9 Å². The van der Waals surface area contributed by atoms with Crippen LogP contribution in [0.2, 0.25) is 0 Å². The number of benzene rings is 2. The molecule has 0 aliphatic rings. The number of nitrogens with zero attached hydrogens (tertiary/aromatic N) is 2. The van der Waals surface area contributed by atoms with E-state index in [0.717, 1.165) is 11.1 Å². The van der Waals surface area contributed by atoms with Gasteiger partial charge in [0.1, 0.15) is 11.8 Å². The molecule has 2 aromatic carbocycles. The molecule has 2 amide bonds. The number of carbonyl (C=O) groups excluding carboxylic acids is 2. The van der Waals surface area contributed by atoms with E-state index in [1.807, 2.05) is 24.3 Å². The lowest BCUT2D eigenvalue weighted by atomic mass is 10.1.